The van der Waals surface area contributed by atoms with Crippen LogP contribution in [0.4, 0.5) is 0 Å². The topological polar surface area (TPSA) is 97.4 Å². The molecule has 0 rings (SSSR count). The number of rotatable bonds is 2. The molecule has 0 bridgehead atoms. The second kappa shape index (κ2) is 4.08. The van der Waals surface area contributed by atoms with E-state index in [4.69, 9.17) is 16.7 Å². The van der Waals surface area contributed by atoms with E-state index in [1.807, 2.05) is 0 Å². The minimum atomic E-state index is -0.120. The second-order valence-electron chi connectivity index (χ2n) is 0.765. The van der Waals surface area contributed by atoms with Gasteiger partial charge in [0.15, 0.2) is 0 Å². The van der Waals surface area contributed by atoms with E-state index >= 15 is 0 Å². The number of guanidine groups is 1. The van der Waals surface area contributed by atoms with E-state index in [0.717, 1.165) is 0 Å². The lowest BCUT2D eigenvalue weighted by Gasteiger charge is -1.84. The molecule has 0 spiro atoms. The Kier molecular flexibility index (Phi) is 3.52. The van der Waals surface area contributed by atoms with Gasteiger partial charge in [0, 0.05) is 0 Å². The third kappa shape index (κ3) is 4.91. The molecule has 44 valence electrons. The van der Waals surface area contributed by atoms with Crippen molar-refractivity contribution < 1.29 is 4.18 Å². The first-order valence-electron chi connectivity index (χ1n) is 1.58. The largest absolute Gasteiger partial charge is 0.369 e. The predicted molar refractivity (Wildman–Crippen MR) is 30.1 cm³/mol. The fraction of sp³-hybridized carbons (Fsp3) is 0. The highest BCUT2D eigenvalue weighted by atomic mass is 32.2. The van der Waals surface area contributed by atoms with Gasteiger partial charge >= 0.3 is 6.26 Å². The molecule has 0 unspecified atom stereocenters. The highest BCUT2D eigenvalue weighted by Gasteiger charge is 1.80. The number of hydrogen-bond acceptors (Lipinski definition) is 4. The molecular weight excluding hydrogens is 128 g/mol. The molecule has 5 nitrogen and oxygen atoms in total. The number of nitriles is 1. The van der Waals surface area contributed by atoms with E-state index in [1.54, 1.807) is 0 Å². The van der Waals surface area contributed by atoms with Crippen LogP contribution in [0.2, 0.25) is 0 Å². The van der Waals surface area contributed by atoms with Crippen LogP contribution in [-0.4, -0.2) is 5.96 Å². The fourth-order valence-corrected chi connectivity index (χ4v) is 0.235. The van der Waals surface area contributed by atoms with Gasteiger partial charge in [0.2, 0.25) is 18.2 Å². The van der Waals surface area contributed by atoms with Crippen molar-refractivity contribution in [2.24, 2.45) is 15.9 Å². The predicted octanol–water partition coefficient (Wildman–Crippen LogP) is -0.679. The zero-order chi connectivity index (χ0) is 6.41. The highest BCUT2D eigenvalue weighted by molar-refractivity contribution is 7.93. The number of nitrogens with zero attached hydrogens (tertiary/aromatic N) is 2. The van der Waals surface area contributed by atoms with Crippen molar-refractivity contribution in [2.75, 3.05) is 0 Å². The maximum Gasteiger partial charge on any atom is 0.301 e. The SMILES string of the molecule is N#COSN=C(N)N. The molecule has 0 aliphatic carbocycles. The van der Waals surface area contributed by atoms with Gasteiger partial charge in [-0.05, 0) is 0 Å². The van der Waals surface area contributed by atoms with Crippen LogP contribution in [-0.2, 0) is 4.18 Å². The van der Waals surface area contributed by atoms with E-state index in [1.165, 1.54) is 6.26 Å². The molecule has 0 aliphatic rings. The Morgan fingerprint density at radius 1 is 1.75 bits per heavy atom. The molecule has 8 heavy (non-hydrogen) atoms. The zero-order valence-electron chi connectivity index (χ0n) is 3.87. The zero-order valence-corrected chi connectivity index (χ0v) is 4.68. The van der Waals surface area contributed by atoms with Crippen molar-refractivity contribution in [3.8, 4) is 6.26 Å². The van der Waals surface area contributed by atoms with E-state index < -0.39 is 0 Å². The van der Waals surface area contributed by atoms with E-state index in [0.29, 0.717) is 12.2 Å². The van der Waals surface area contributed by atoms with Crippen LogP contribution in [0.25, 0.3) is 0 Å². The minimum absolute atomic E-state index is 0.120. The number of nitrogens with two attached hydrogens (primary N) is 2. The van der Waals surface area contributed by atoms with Crippen LogP contribution in [0.15, 0.2) is 4.40 Å². The lowest BCUT2D eigenvalue weighted by molar-refractivity contribution is 0.596. The van der Waals surface area contributed by atoms with Crippen molar-refractivity contribution in [1.82, 2.24) is 0 Å². The van der Waals surface area contributed by atoms with Gasteiger partial charge in [-0.15, -0.1) is 9.66 Å². The van der Waals surface area contributed by atoms with Gasteiger partial charge in [0.1, 0.15) is 0 Å². The van der Waals surface area contributed by atoms with Crippen LogP contribution >= 0.6 is 12.2 Å². The summed E-state index contributed by atoms with van der Waals surface area (Å²) in [5, 5.41) is 7.74. The first kappa shape index (κ1) is 6.91. The summed E-state index contributed by atoms with van der Waals surface area (Å²) in [6, 6.07) is 0. The third-order valence-corrected chi connectivity index (χ3v) is 0.652. The summed E-state index contributed by atoms with van der Waals surface area (Å²) in [6.07, 6.45) is 1.37. The number of hydrogen-bond donors (Lipinski definition) is 2. The fourth-order valence-electron chi connectivity index (χ4n) is 0.0783. The van der Waals surface area contributed by atoms with Crippen LogP contribution in [0.5, 0.6) is 0 Å². The van der Waals surface area contributed by atoms with Crippen molar-refractivity contribution >= 4 is 18.2 Å². The van der Waals surface area contributed by atoms with E-state index in [2.05, 4.69) is 8.58 Å². The molecule has 4 N–H and O–H groups in total. The van der Waals surface area contributed by atoms with Crippen molar-refractivity contribution in [2.45, 2.75) is 0 Å². The standard InChI is InChI=1S/C2H4N4OS/c3-1-7-8-6-2(4)5/h(H4,4,5,6). The summed E-state index contributed by atoms with van der Waals surface area (Å²) in [7, 11) is 0. The molecule has 0 aromatic heterocycles. The highest BCUT2D eigenvalue weighted by Crippen LogP contribution is 1.99. The normalized spacial score (nSPS) is 6.88. The summed E-state index contributed by atoms with van der Waals surface area (Å²) in [5.41, 5.74) is 9.70. The first-order valence-corrected chi connectivity index (χ1v) is 2.28. The molecule has 0 saturated heterocycles. The van der Waals surface area contributed by atoms with Crippen LogP contribution in [0, 0.1) is 11.5 Å². The Bertz CT molecular complexity index is 122. The first-order chi connectivity index (χ1) is 3.77. The average molecular weight is 132 g/mol. The molecule has 0 fully saturated rings. The molecule has 0 aromatic rings. The Labute approximate surface area is 50.7 Å². The maximum atomic E-state index is 7.74. The average Bonchev–Trinajstić information content (AvgIpc) is 1.66. The summed E-state index contributed by atoms with van der Waals surface area (Å²) in [6.45, 7) is 0. The molecule has 0 heterocycles. The molecule has 0 saturated carbocycles. The maximum absolute atomic E-state index is 7.74. The van der Waals surface area contributed by atoms with Crippen LogP contribution in [0.1, 0.15) is 0 Å². The van der Waals surface area contributed by atoms with Crippen LogP contribution < -0.4 is 11.5 Å². The lowest BCUT2D eigenvalue weighted by Crippen LogP contribution is -2.21. The Balaban J connectivity index is 3.20. The molecule has 0 amide bonds. The molecule has 0 aromatic carbocycles. The molecule has 0 aliphatic heterocycles. The summed E-state index contributed by atoms with van der Waals surface area (Å²) < 4.78 is 7.28. The molecule has 6 heteroatoms. The van der Waals surface area contributed by atoms with Gasteiger partial charge in [-0.2, -0.15) is 0 Å². The van der Waals surface area contributed by atoms with Crippen molar-refractivity contribution in [3.05, 3.63) is 0 Å². The second-order valence-corrected chi connectivity index (χ2v) is 1.26. The van der Waals surface area contributed by atoms with Gasteiger partial charge in [0.05, 0.1) is 0 Å². The van der Waals surface area contributed by atoms with Gasteiger partial charge in [0.25, 0.3) is 0 Å². The smallest absolute Gasteiger partial charge is 0.301 e. The Morgan fingerprint density at radius 2 is 2.38 bits per heavy atom. The Morgan fingerprint density at radius 3 is 2.75 bits per heavy atom. The third-order valence-electron chi connectivity index (χ3n) is 0.217. The monoisotopic (exact) mass is 132 g/mol. The lowest BCUT2D eigenvalue weighted by atomic mass is 11.1. The van der Waals surface area contributed by atoms with Crippen molar-refractivity contribution in [1.29, 1.82) is 5.26 Å². The van der Waals surface area contributed by atoms with Gasteiger partial charge in [-0.1, -0.05) is 0 Å². The van der Waals surface area contributed by atoms with Gasteiger partial charge in [-0.3, -0.25) is 0 Å². The summed E-state index contributed by atoms with van der Waals surface area (Å²) in [5.74, 6) is -0.120. The summed E-state index contributed by atoms with van der Waals surface area (Å²) >= 11 is 0.538. The van der Waals surface area contributed by atoms with Crippen molar-refractivity contribution in [3.63, 3.8) is 0 Å². The van der Waals surface area contributed by atoms with Gasteiger partial charge in [-0.25, -0.2) is 0 Å². The van der Waals surface area contributed by atoms with Gasteiger partial charge < -0.3 is 15.7 Å². The quantitative estimate of drug-likeness (QED) is 0.129. The molecule has 0 atom stereocenters. The molecular formula is C2H4N4OS. The van der Waals surface area contributed by atoms with E-state index in [-0.39, 0.29) is 5.96 Å². The van der Waals surface area contributed by atoms with Crippen LogP contribution in [0.3, 0.4) is 0 Å². The molecule has 0 radical (unpaired) electrons. The Hall–Kier alpha value is -1.09. The van der Waals surface area contributed by atoms with E-state index in [9.17, 15) is 0 Å². The minimum Gasteiger partial charge on any atom is -0.369 e. The summed E-state index contributed by atoms with van der Waals surface area (Å²) in [4.78, 5) is 0.